The number of carboxylic acid groups (broad SMARTS) is 1. The van der Waals surface area contributed by atoms with Crippen molar-refractivity contribution in [2.45, 2.75) is 25.4 Å². The minimum Gasteiger partial charge on any atom is -0.480 e. The number of aliphatic carboxylic acids is 1. The Morgan fingerprint density at radius 2 is 1.95 bits per heavy atom. The smallest absolute Gasteiger partial charge is 0.323 e. The number of hydrogen-bond donors (Lipinski definition) is 2. The van der Waals surface area contributed by atoms with Gasteiger partial charge < -0.3 is 15.3 Å². The SMILES string of the molecule is CC1(C)NCC(c2cc(F)cc(F)c2)N(CC(=O)O)C1=O. The summed E-state index contributed by atoms with van der Waals surface area (Å²) in [6.45, 7) is 2.96. The van der Waals surface area contributed by atoms with Gasteiger partial charge in [-0.25, -0.2) is 8.78 Å². The lowest BCUT2D eigenvalue weighted by atomic mass is 9.94. The number of amides is 1. The lowest BCUT2D eigenvalue weighted by Crippen LogP contribution is -2.63. The Labute approximate surface area is 120 Å². The molecular formula is C14H16F2N2O3. The molecule has 1 atom stereocenters. The average Bonchev–Trinajstić information content (AvgIpc) is 2.33. The summed E-state index contributed by atoms with van der Waals surface area (Å²) in [4.78, 5) is 24.5. The largest absolute Gasteiger partial charge is 0.480 e. The Morgan fingerprint density at radius 1 is 1.38 bits per heavy atom. The fourth-order valence-electron chi connectivity index (χ4n) is 2.43. The zero-order chi connectivity index (χ0) is 15.8. The first-order valence-electron chi connectivity index (χ1n) is 6.44. The van der Waals surface area contributed by atoms with Gasteiger partial charge in [-0.2, -0.15) is 0 Å². The van der Waals surface area contributed by atoms with Crippen LogP contribution in [0.25, 0.3) is 0 Å². The Kier molecular flexibility index (Phi) is 3.95. The molecule has 1 aliphatic heterocycles. The van der Waals surface area contributed by atoms with Crippen LogP contribution in [-0.2, 0) is 9.59 Å². The first kappa shape index (κ1) is 15.4. The maximum Gasteiger partial charge on any atom is 0.323 e. The van der Waals surface area contributed by atoms with Gasteiger partial charge in [0.25, 0.3) is 0 Å². The predicted molar refractivity (Wildman–Crippen MR) is 70.5 cm³/mol. The third kappa shape index (κ3) is 3.18. The van der Waals surface area contributed by atoms with Gasteiger partial charge in [0, 0.05) is 12.6 Å². The number of carbonyl (C=O) groups is 2. The fraction of sp³-hybridized carbons (Fsp3) is 0.429. The molecule has 1 aromatic carbocycles. The van der Waals surface area contributed by atoms with Crippen LogP contribution in [0.1, 0.15) is 25.5 Å². The number of nitrogens with zero attached hydrogens (tertiary/aromatic N) is 1. The number of benzene rings is 1. The number of nitrogens with one attached hydrogen (secondary N) is 1. The van der Waals surface area contributed by atoms with Crippen molar-refractivity contribution in [2.75, 3.05) is 13.1 Å². The van der Waals surface area contributed by atoms with Crippen molar-refractivity contribution in [3.63, 3.8) is 0 Å². The Morgan fingerprint density at radius 3 is 2.48 bits per heavy atom. The molecule has 21 heavy (non-hydrogen) atoms. The van der Waals surface area contributed by atoms with E-state index in [1.165, 1.54) is 0 Å². The molecule has 0 saturated carbocycles. The van der Waals surface area contributed by atoms with Crippen molar-refractivity contribution in [3.05, 3.63) is 35.4 Å². The summed E-state index contributed by atoms with van der Waals surface area (Å²) in [7, 11) is 0. The van der Waals surface area contributed by atoms with Gasteiger partial charge in [-0.15, -0.1) is 0 Å². The van der Waals surface area contributed by atoms with E-state index in [0.717, 1.165) is 23.1 Å². The van der Waals surface area contributed by atoms with E-state index in [-0.39, 0.29) is 12.1 Å². The second-order valence-electron chi connectivity index (χ2n) is 5.55. The van der Waals surface area contributed by atoms with Gasteiger partial charge in [-0.05, 0) is 31.5 Å². The molecule has 1 unspecified atom stereocenters. The molecule has 0 aliphatic carbocycles. The van der Waals surface area contributed by atoms with Crippen molar-refractivity contribution in [1.82, 2.24) is 10.2 Å². The van der Waals surface area contributed by atoms with Crippen LogP contribution in [0.5, 0.6) is 0 Å². The minimum absolute atomic E-state index is 0.217. The van der Waals surface area contributed by atoms with Crippen LogP contribution in [0.2, 0.25) is 0 Å². The highest BCUT2D eigenvalue weighted by atomic mass is 19.1. The molecule has 114 valence electrons. The molecule has 1 aliphatic rings. The van der Waals surface area contributed by atoms with E-state index in [1.54, 1.807) is 13.8 Å². The van der Waals surface area contributed by atoms with E-state index >= 15 is 0 Å². The van der Waals surface area contributed by atoms with Gasteiger partial charge in [0.05, 0.1) is 11.6 Å². The molecule has 1 saturated heterocycles. The second-order valence-corrected chi connectivity index (χ2v) is 5.55. The maximum atomic E-state index is 13.3. The number of rotatable bonds is 3. The summed E-state index contributed by atoms with van der Waals surface area (Å²) in [6, 6.07) is 2.21. The Bertz CT molecular complexity index is 569. The summed E-state index contributed by atoms with van der Waals surface area (Å²) in [6.07, 6.45) is 0. The first-order valence-corrected chi connectivity index (χ1v) is 6.44. The summed E-state index contributed by atoms with van der Waals surface area (Å²) in [5.41, 5.74) is -0.692. The van der Waals surface area contributed by atoms with E-state index in [9.17, 15) is 18.4 Å². The normalized spacial score (nSPS) is 21.4. The number of halogens is 2. The average molecular weight is 298 g/mol. The zero-order valence-electron chi connectivity index (χ0n) is 11.7. The third-order valence-electron chi connectivity index (χ3n) is 3.48. The third-order valence-corrected chi connectivity index (χ3v) is 3.48. The molecule has 2 rings (SSSR count). The van der Waals surface area contributed by atoms with E-state index in [1.807, 2.05) is 0 Å². The summed E-state index contributed by atoms with van der Waals surface area (Å²) in [5, 5.41) is 11.9. The molecular weight excluding hydrogens is 282 g/mol. The standard InChI is InChI=1S/C14H16F2N2O3/c1-14(2)13(21)18(7-12(19)20)11(6-17-14)8-3-9(15)5-10(16)4-8/h3-5,11,17H,6-7H2,1-2H3,(H,19,20). The number of carboxylic acids is 1. The molecule has 2 N–H and O–H groups in total. The highest BCUT2D eigenvalue weighted by molar-refractivity contribution is 5.89. The molecule has 1 amide bonds. The molecule has 0 bridgehead atoms. The van der Waals surface area contributed by atoms with Crippen LogP contribution in [0.15, 0.2) is 18.2 Å². The predicted octanol–water partition coefficient (Wildman–Crippen LogP) is 1.30. The van der Waals surface area contributed by atoms with Crippen molar-refractivity contribution in [2.24, 2.45) is 0 Å². The monoisotopic (exact) mass is 298 g/mol. The minimum atomic E-state index is -1.18. The van der Waals surface area contributed by atoms with E-state index in [0.29, 0.717) is 0 Å². The van der Waals surface area contributed by atoms with Crippen LogP contribution >= 0.6 is 0 Å². The van der Waals surface area contributed by atoms with Crippen molar-refractivity contribution in [3.8, 4) is 0 Å². The number of carbonyl (C=O) groups excluding carboxylic acids is 1. The quantitative estimate of drug-likeness (QED) is 0.882. The second kappa shape index (κ2) is 5.40. The first-order chi connectivity index (χ1) is 9.70. The molecule has 1 fully saturated rings. The summed E-state index contributed by atoms with van der Waals surface area (Å²) < 4.78 is 26.7. The van der Waals surface area contributed by atoms with Gasteiger partial charge in [0.1, 0.15) is 18.2 Å². The maximum absolute atomic E-state index is 13.3. The molecule has 1 heterocycles. The van der Waals surface area contributed by atoms with Gasteiger partial charge >= 0.3 is 5.97 Å². The van der Waals surface area contributed by atoms with E-state index < -0.39 is 41.6 Å². The highest BCUT2D eigenvalue weighted by Crippen LogP contribution is 2.28. The highest BCUT2D eigenvalue weighted by Gasteiger charge is 2.41. The molecule has 5 nitrogen and oxygen atoms in total. The van der Waals surface area contributed by atoms with Crippen molar-refractivity contribution >= 4 is 11.9 Å². The van der Waals surface area contributed by atoms with Gasteiger partial charge in [-0.3, -0.25) is 9.59 Å². The molecule has 0 spiro atoms. The lowest BCUT2D eigenvalue weighted by molar-refractivity contribution is -0.152. The molecule has 0 radical (unpaired) electrons. The molecule has 0 aromatic heterocycles. The molecule has 1 aromatic rings. The van der Waals surface area contributed by atoms with Crippen LogP contribution in [0.3, 0.4) is 0 Å². The Balaban J connectivity index is 2.40. The van der Waals surface area contributed by atoms with Gasteiger partial charge in [-0.1, -0.05) is 0 Å². The van der Waals surface area contributed by atoms with E-state index in [2.05, 4.69) is 5.32 Å². The van der Waals surface area contributed by atoms with Crippen molar-refractivity contribution < 1.29 is 23.5 Å². The van der Waals surface area contributed by atoms with Crippen LogP contribution in [0.4, 0.5) is 8.78 Å². The lowest BCUT2D eigenvalue weighted by Gasteiger charge is -2.43. The summed E-state index contributed by atoms with van der Waals surface area (Å²) in [5.74, 6) is -3.14. The topological polar surface area (TPSA) is 69.6 Å². The van der Waals surface area contributed by atoms with Crippen molar-refractivity contribution in [1.29, 1.82) is 0 Å². The number of piperazine rings is 1. The van der Waals surface area contributed by atoms with Crippen LogP contribution in [-0.4, -0.2) is 40.5 Å². The van der Waals surface area contributed by atoms with Gasteiger partial charge in [0.2, 0.25) is 5.91 Å². The Hall–Kier alpha value is -2.02. The fourth-order valence-corrected chi connectivity index (χ4v) is 2.43. The van der Waals surface area contributed by atoms with Crippen LogP contribution in [0, 0.1) is 11.6 Å². The van der Waals surface area contributed by atoms with Gasteiger partial charge in [0.15, 0.2) is 0 Å². The van der Waals surface area contributed by atoms with Crippen LogP contribution < -0.4 is 5.32 Å². The van der Waals surface area contributed by atoms with E-state index in [4.69, 9.17) is 5.11 Å². The summed E-state index contributed by atoms with van der Waals surface area (Å²) >= 11 is 0. The number of hydrogen-bond acceptors (Lipinski definition) is 3. The molecule has 7 heteroatoms. The zero-order valence-corrected chi connectivity index (χ0v) is 11.7.